The fourth-order valence-electron chi connectivity index (χ4n) is 0.577. The van der Waals surface area contributed by atoms with Gasteiger partial charge in [0, 0.05) is 6.92 Å². The Morgan fingerprint density at radius 3 is 2.38 bits per heavy atom. The van der Waals surface area contributed by atoms with E-state index < -0.39 is 15.3 Å². The van der Waals surface area contributed by atoms with Crippen molar-refractivity contribution in [1.82, 2.24) is 10.2 Å². The first kappa shape index (κ1) is 9.97. The Balaban J connectivity index is 2.81. The third-order valence-electron chi connectivity index (χ3n) is 1.38. The van der Waals surface area contributed by atoms with Crippen LogP contribution in [0.3, 0.4) is 0 Å². The predicted octanol–water partition coefficient (Wildman–Crippen LogP) is 0.528. The summed E-state index contributed by atoms with van der Waals surface area (Å²) in [6.45, 7) is 4.71. The Bertz CT molecular complexity index is 382. The van der Waals surface area contributed by atoms with Gasteiger partial charge >= 0.3 is 6.01 Å². The number of nitrogens with one attached hydrogen (secondary N) is 1. The summed E-state index contributed by atoms with van der Waals surface area (Å²) in [5.74, 6) is 0.321. The average molecular weight is 205 g/mol. The lowest BCUT2D eigenvalue weighted by atomic mass is 10.6. The van der Waals surface area contributed by atoms with Crippen molar-refractivity contribution in [3.63, 3.8) is 0 Å². The molecule has 1 heterocycles. The zero-order chi connectivity index (χ0) is 10.1. The van der Waals surface area contributed by atoms with E-state index in [2.05, 4.69) is 14.9 Å². The largest absolute Gasteiger partial charge is 0.408 e. The molecule has 1 aromatic rings. The van der Waals surface area contributed by atoms with E-state index in [4.69, 9.17) is 4.42 Å². The maximum atomic E-state index is 11.3. The van der Waals surface area contributed by atoms with Gasteiger partial charge in [-0.25, -0.2) is 13.1 Å². The molecule has 0 atom stereocenters. The highest BCUT2D eigenvalue weighted by atomic mass is 32.2. The molecule has 0 saturated carbocycles. The number of aryl methyl sites for hydroxylation is 1. The molecule has 7 heteroatoms. The van der Waals surface area contributed by atoms with Crippen molar-refractivity contribution in [2.45, 2.75) is 26.0 Å². The molecule has 0 fully saturated rings. The summed E-state index contributed by atoms with van der Waals surface area (Å²) >= 11 is 0. The van der Waals surface area contributed by atoms with Crippen LogP contribution in [-0.2, 0) is 10.0 Å². The van der Waals surface area contributed by atoms with E-state index in [0.29, 0.717) is 5.89 Å². The lowest BCUT2D eigenvalue weighted by molar-refractivity contribution is 0.533. The summed E-state index contributed by atoms with van der Waals surface area (Å²) in [5, 5.41) is 6.46. The van der Waals surface area contributed by atoms with E-state index in [1.165, 1.54) is 0 Å². The minimum atomic E-state index is -3.38. The van der Waals surface area contributed by atoms with E-state index in [0.717, 1.165) is 0 Å². The number of anilines is 1. The normalized spacial score (nSPS) is 12.0. The molecule has 1 aromatic heterocycles. The van der Waals surface area contributed by atoms with Crippen molar-refractivity contribution < 1.29 is 12.8 Å². The fraction of sp³-hybridized carbons (Fsp3) is 0.667. The smallest absolute Gasteiger partial charge is 0.329 e. The van der Waals surface area contributed by atoms with Crippen LogP contribution in [0, 0.1) is 6.92 Å². The average Bonchev–Trinajstić information content (AvgIpc) is 2.34. The van der Waals surface area contributed by atoms with Gasteiger partial charge in [0.05, 0.1) is 5.25 Å². The molecule has 0 unspecified atom stereocenters. The van der Waals surface area contributed by atoms with Crippen molar-refractivity contribution >= 4 is 16.0 Å². The van der Waals surface area contributed by atoms with Crippen LogP contribution in [0.4, 0.5) is 6.01 Å². The molecule has 0 spiro atoms. The first-order valence-electron chi connectivity index (χ1n) is 3.73. The molecule has 0 amide bonds. The topological polar surface area (TPSA) is 85.1 Å². The van der Waals surface area contributed by atoms with E-state index in [1.807, 2.05) is 0 Å². The molecule has 0 aliphatic rings. The molecular formula is C6H11N3O3S. The number of nitrogens with zero attached hydrogens (tertiary/aromatic N) is 2. The van der Waals surface area contributed by atoms with Crippen molar-refractivity contribution in [3.05, 3.63) is 5.89 Å². The molecule has 1 rings (SSSR count). The highest BCUT2D eigenvalue weighted by Gasteiger charge is 2.18. The van der Waals surface area contributed by atoms with Gasteiger partial charge in [-0.2, -0.15) is 0 Å². The standard InChI is InChI=1S/C6H11N3O3S/c1-4(2)13(10,11)9-6-8-7-5(3)12-6/h4H,1-3H3,(H,8,9). The van der Waals surface area contributed by atoms with Crippen LogP contribution in [-0.4, -0.2) is 23.9 Å². The summed E-state index contributed by atoms with van der Waals surface area (Å²) in [5.41, 5.74) is 0. The van der Waals surface area contributed by atoms with Gasteiger partial charge in [0.1, 0.15) is 0 Å². The van der Waals surface area contributed by atoms with Gasteiger partial charge in [-0.15, -0.1) is 5.10 Å². The fourth-order valence-corrected chi connectivity index (χ4v) is 1.14. The van der Waals surface area contributed by atoms with E-state index in [-0.39, 0.29) is 6.01 Å². The number of sulfonamides is 1. The van der Waals surface area contributed by atoms with Crippen LogP contribution in [0.1, 0.15) is 19.7 Å². The number of hydrogen-bond donors (Lipinski definition) is 1. The highest BCUT2D eigenvalue weighted by molar-refractivity contribution is 7.93. The Labute approximate surface area is 76.4 Å². The van der Waals surface area contributed by atoms with Gasteiger partial charge in [0.25, 0.3) is 0 Å². The summed E-state index contributed by atoms with van der Waals surface area (Å²) < 4.78 is 29.6. The molecule has 0 aromatic carbocycles. The van der Waals surface area contributed by atoms with Crippen LogP contribution < -0.4 is 4.72 Å². The summed E-state index contributed by atoms with van der Waals surface area (Å²) in [6, 6.07) is -0.0915. The molecule has 0 aliphatic heterocycles. The van der Waals surface area contributed by atoms with E-state index in [1.54, 1.807) is 20.8 Å². The molecule has 0 aliphatic carbocycles. The van der Waals surface area contributed by atoms with Crippen molar-refractivity contribution in [2.75, 3.05) is 4.72 Å². The van der Waals surface area contributed by atoms with Crippen LogP contribution in [0.5, 0.6) is 0 Å². The summed E-state index contributed by atoms with van der Waals surface area (Å²) in [6.07, 6.45) is 0. The van der Waals surface area contributed by atoms with Crippen LogP contribution >= 0.6 is 0 Å². The number of aromatic nitrogens is 2. The zero-order valence-electron chi connectivity index (χ0n) is 7.60. The quantitative estimate of drug-likeness (QED) is 0.777. The van der Waals surface area contributed by atoms with Gasteiger partial charge in [-0.3, -0.25) is 0 Å². The molecule has 6 nitrogen and oxygen atoms in total. The lowest BCUT2D eigenvalue weighted by Crippen LogP contribution is -2.22. The minimum Gasteiger partial charge on any atom is -0.408 e. The monoisotopic (exact) mass is 205 g/mol. The Morgan fingerprint density at radius 2 is 2.00 bits per heavy atom. The SMILES string of the molecule is Cc1nnc(NS(=O)(=O)C(C)C)o1. The third kappa shape index (κ3) is 2.41. The van der Waals surface area contributed by atoms with Crippen molar-refractivity contribution in [1.29, 1.82) is 0 Å². The maximum absolute atomic E-state index is 11.3. The van der Waals surface area contributed by atoms with Crippen LogP contribution in [0.25, 0.3) is 0 Å². The second-order valence-electron chi connectivity index (χ2n) is 2.82. The molecule has 0 radical (unpaired) electrons. The zero-order valence-corrected chi connectivity index (χ0v) is 8.42. The molecule has 74 valence electrons. The molecule has 0 saturated heterocycles. The minimum absolute atomic E-state index is 0.0915. The second-order valence-corrected chi connectivity index (χ2v) is 5.06. The molecular weight excluding hydrogens is 194 g/mol. The van der Waals surface area contributed by atoms with Gasteiger partial charge in [0.2, 0.25) is 15.9 Å². The van der Waals surface area contributed by atoms with Gasteiger partial charge in [0.15, 0.2) is 0 Å². The molecule has 13 heavy (non-hydrogen) atoms. The molecule has 0 bridgehead atoms. The Kier molecular flexibility index (Phi) is 2.55. The van der Waals surface area contributed by atoms with Crippen molar-refractivity contribution in [2.24, 2.45) is 0 Å². The number of hydrogen-bond acceptors (Lipinski definition) is 5. The predicted molar refractivity (Wildman–Crippen MR) is 46.7 cm³/mol. The van der Waals surface area contributed by atoms with Gasteiger partial charge in [-0.05, 0) is 13.8 Å². The van der Waals surface area contributed by atoms with E-state index >= 15 is 0 Å². The van der Waals surface area contributed by atoms with Gasteiger partial charge < -0.3 is 4.42 Å². The van der Waals surface area contributed by atoms with Gasteiger partial charge in [-0.1, -0.05) is 5.10 Å². The third-order valence-corrected chi connectivity index (χ3v) is 3.08. The summed E-state index contributed by atoms with van der Waals surface area (Å²) in [4.78, 5) is 0. The molecule has 1 N–H and O–H groups in total. The maximum Gasteiger partial charge on any atom is 0.329 e. The second kappa shape index (κ2) is 3.33. The van der Waals surface area contributed by atoms with Crippen molar-refractivity contribution in [3.8, 4) is 0 Å². The highest BCUT2D eigenvalue weighted by Crippen LogP contribution is 2.09. The van der Waals surface area contributed by atoms with E-state index in [9.17, 15) is 8.42 Å². The van der Waals surface area contributed by atoms with Crippen LogP contribution in [0.2, 0.25) is 0 Å². The summed E-state index contributed by atoms with van der Waals surface area (Å²) in [7, 11) is -3.38. The Morgan fingerprint density at radius 1 is 1.38 bits per heavy atom. The number of rotatable bonds is 3. The van der Waals surface area contributed by atoms with Crippen LogP contribution in [0.15, 0.2) is 4.42 Å². The first-order chi connectivity index (χ1) is 5.92. The first-order valence-corrected chi connectivity index (χ1v) is 5.28. The Hall–Kier alpha value is -1.11. The lowest BCUT2D eigenvalue weighted by Gasteiger charge is -2.05.